The van der Waals surface area contributed by atoms with Crippen molar-refractivity contribution in [1.29, 1.82) is 0 Å². The molecule has 100 valence electrons. The Kier molecular flexibility index (Phi) is 4.93. The summed E-state index contributed by atoms with van der Waals surface area (Å²) in [5.74, 6) is 2.28. The molecule has 1 aromatic heterocycles. The molecular formula is C14H23N3O. The molecule has 0 radical (unpaired) electrons. The van der Waals surface area contributed by atoms with Crippen LogP contribution in [0.2, 0.25) is 0 Å². The van der Waals surface area contributed by atoms with E-state index in [4.69, 9.17) is 4.74 Å². The maximum absolute atomic E-state index is 5.66. The van der Waals surface area contributed by atoms with Gasteiger partial charge in [0.1, 0.15) is 11.9 Å². The summed E-state index contributed by atoms with van der Waals surface area (Å²) in [6.07, 6.45) is 8.28. The van der Waals surface area contributed by atoms with Crippen LogP contribution in [-0.4, -0.2) is 23.6 Å². The van der Waals surface area contributed by atoms with Crippen LogP contribution in [0, 0.1) is 5.92 Å². The van der Waals surface area contributed by atoms with E-state index in [9.17, 15) is 0 Å². The van der Waals surface area contributed by atoms with Gasteiger partial charge in [-0.15, -0.1) is 0 Å². The lowest BCUT2D eigenvalue weighted by Crippen LogP contribution is -2.20. The number of rotatable bonds is 5. The first-order chi connectivity index (χ1) is 8.85. The summed E-state index contributed by atoms with van der Waals surface area (Å²) < 4.78 is 5.66. The number of methoxy groups -OCH3 is 1. The monoisotopic (exact) mass is 249 g/mol. The van der Waals surface area contributed by atoms with Crippen molar-refractivity contribution in [2.75, 3.05) is 19.0 Å². The molecule has 1 atom stereocenters. The van der Waals surface area contributed by atoms with Crippen LogP contribution in [-0.2, 0) is 4.74 Å². The largest absolute Gasteiger partial charge is 0.373 e. The first-order valence-corrected chi connectivity index (χ1v) is 6.94. The molecule has 0 aromatic carbocycles. The van der Waals surface area contributed by atoms with Gasteiger partial charge in [-0.3, -0.25) is 0 Å². The Morgan fingerprint density at radius 3 is 2.83 bits per heavy atom. The second kappa shape index (κ2) is 6.69. The molecule has 1 fully saturated rings. The van der Waals surface area contributed by atoms with E-state index in [1.807, 2.05) is 12.3 Å². The van der Waals surface area contributed by atoms with Gasteiger partial charge >= 0.3 is 0 Å². The highest BCUT2D eigenvalue weighted by Crippen LogP contribution is 2.35. The van der Waals surface area contributed by atoms with Gasteiger partial charge in [-0.1, -0.05) is 19.3 Å². The number of hydrogen-bond donors (Lipinski definition) is 1. The Morgan fingerprint density at radius 2 is 2.17 bits per heavy atom. The fraction of sp³-hybridized carbons (Fsp3) is 0.714. The normalized spacial score (nSPS) is 18.6. The van der Waals surface area contributed by atoms with Gasteiger partial charge in [0.05, 0.1) is 0 Å². The first-order valence-electron chi connectivity index (χ1n) is 6.94. The molecule has 1 aliphatic carbocycles. The Labute approximate surface area is 109 Å². The second-order valence-corrected chi connectivity index (χ2v) is 4.88. The minimum atomic E-state index is 0.0453. The summed E-state index contributed by atoms with van der Waals surface area (Å²) in [5.41, 5.74) is 0. The maximum atomic E-state index is 5.66. The van der Waals surface area contributed by atoms with E-state index in [1.54, 1.807) is 7.11 Å². The third kappa shape index (κ3) is 3.19. The van der Waals surface area contributed by atoms with Crippen molar-refractivity contribution in [2.45, 2.75) is 45.1 Å². The van der Waals surface area contributed by atoms with E-state index in [2.05, 4.69) is 22.2 Å². The topological polar surface area (TPSA) is 47.0 Å². The van der Waals surface area contributed by atoms with Crippen LogP contribution in [0.3, 0.4) is 0 Å². The zero-order chi connectivity index (χ0) is 12.8. The molecule has 4 nitrogen and oxygen atoms in total. The Bertz CT molecular complexity index is 364. The second-order valence-electron chi connectivity index (χ2n) is 4.88. The fourth-order valence-electron chi connectivity index (χ4n) is 2.74. The number of aromatic nitrogens is 2. The average molecular weight is 249 g/mol. The van der Waals surface area contributed by atoms with Crippen LogP contribution >= 0.6 is 0 Å². The highest BCUT2D eigenvalue weighted by Gasteiger charge is 2.27. The summed E-state index contributed by atoms with van der Waals surface area (Å²) in [6.45, 7) is 2.94. The third-order valence-corrected chi connectivity index (χ3v) is 3.62. The zero-order valence-electron chi connectivity index (χ0n) is 11.4. The third-order valence-electron chi connectivity index (χ3n) is 3.62. The highest BCUT2D eigenvalue weighted by atomic mass is 16.5. The van der Waals surface area contributed by atoms with E-state index in [-0.39, 0.29) is 6.10 Å². The van der Waals surface area contributed by atoms with Crippen molar-refractivity contribution in [3.05, 3.63) is 18.1 Å². The molecule has 0 bridgehead atoms. The molecule has 1 aromatic rings. The van der Waals surface area contributed by atoms with Gasteiger partial charge in [0.15, 0.2) is 5.82 Å². The summed E-state index contributed by atoms with van der Waals surface area (Å²) in [4.78, 5) is 8.95. The average Bonchev–Trinajstić information content (AvgIpc) is 2.42. The van der Waals surface area contributed by atoms with Crippen LogP contribution in [0.15, 0.2) is 12.3 Å². The predicted octanol–water partition coefficient (Wildman–Crippen LogP) is 3.18. The minimum absolute atomic E-state index is 0.0453. The van der Waals surface area contributed by atoms with Crippen molar-refractivity contribution < 1.29 is 4.74 Å². The van der Waals surface area contributed by atoms with E-state index in [0.29, 0.717) is 5.92 Å². The van der Waals surface area contributed by atoms with E-state index < -0.39 is 0 Å². The van der Waals surface area contributed by atoms with Crippen molar-refractivity contribution in [3.63, 3.8) is 0 Å². The van der Waals surface area contributed by atoms with Crippen molar-refractivity contribution >= 4 is 5.82 Å². The van der Waals surface area contributed by atoms with Crippen molar-refractivity contribution in [1.82, 2.24) is 9.97 Å². The molecule has 2 rings (SSSR count). The molecule has 0 aliphatic heterocycles. The number of ether oxygens (including phenoxy) is 1. The van der Waals surface area contributed by atoms with Gasteiger partial charge in [-0.2, -0.15) is 0 Å². The molecule has 1 saturated carbocycles. The Morgan fingerprint density at radius 1 is 1.39 bits per heavy atom. The highest BCUT2D eigenvalue weighted by molar-refractivity contribution is 5.32. The number of anilines is 1. The Hall–Kier alpha value is -1.16. The van der Waals surface area contributed by atoms with Gasteiger partial charge < -0.3 is 10.1 Å². The molecule has 1 heterocycles. The van der Waals surface area contributed by atoms with Crippen LogP contribution in [0.5, 0.6) is 0 Å². The first kappa shape index (κ1) is 13.3. The smallest absolute Gasteiger partial charge is 0.159 e. The Balaban J connectivity index is 2.12. The molecule has 1 N–H and O–H groups in total. The van der Waals surface area contributed by atoms with Gasteiger partial charge in [0.25, 0.3) is 0 Å². The lowest BCUT2D eigenvalue weighted by molar-refractivity contribution is 0.0290. The predicted molar refractivity (Wildman–Crippen MR) is 72.5 cm³/mol. The van der Waals surface area contributed by atoms with Crippen LogP contribution < -0.4 is 5.32 Å². The quantitative estimate of drug-likeness (QED) is 0.870. The summed E-state index contributed by atoms with van der Waals surface area (Å²) >= 11 is 0. The molecule has 1 aliphatic rings. The maximum Gasteiger partial charge on any atom is 0.159 e. The summed E-state index contributed by atoms with van der Waals surface area (Å²) in [7, 11) is 1.77. The lowest BCUT2D eigenvalue weighted by Gasteiger charge is -2.28. The van der Waals surface area contributed by atoms with E-state index in [1.165, 1.54) is 32.1 Å². The van der Waals surface area contributed by atoms with Crippen LogP contribution in [0.25, 0.3) is 0 Å². The molecule has 0 saturated heterocycles. The molecule has 1 unspecified atom stereocenters. The SMILES string of the molecule is CCNc1ccnc(C(OC)C2CCCCC2)n1. The molecule has 0 spiro atoms. The summed E-state index contributed by atoms with van der Waals surface area (Å²) in [6, 6.07) is 1.90. The number of hydrogen-bond acceptors (Lipinski definition) is 4. The summed E-state index contributed by atoms with van der Waals surface area (Å²) in [5, 5.41) is 3.22. The van der Waals surface area contributed by atoms with Crippen LogP contribution in [0.1, 0.15) is 51.0 Å². The van der Waals surface area contributed by atoms with Crippen LogP contribution in [0.4, 0.5) is 5.82 Å². The molecular weight excluding hydrogens is 226 g/mol. The number of nitrogens with zero attached hydrogens (tertiary/aromatic N) is 2. The lowest BCUT2D eigenvalue weighted by atomic mass is 9.85. The van der Waals surface area contributed by atoms with Crippen molar-refractivity contribution in [2.24, 2.45) is 5.92 Å². The van der Waals surface area contributed by atoms with E-state index in [0.717, 1.165) is 18.2 Å². The molecule has 18 heavy (non-hydrogen) atoms. The molecule has 4 heteroatoms. The minimum Gasteiger partial charge on any atom is -0.373 e. The zero-order valence-corrected chi connectivity index (χ0v) is 11.4. The van der Waals surface area contributed by atoms with Crippen molar-refractivity contribution in [3.8, 4) is 0 Å². The standard InChI is InChI=1S/C14H23N3O/c1-3-15-12-9-10-16-14(17-12)13(18-2)11-7-5-4-6-8-11/h9-11,13H,3-8H2,1-2H3,(H,15,16,17). The van der Waals surface area contributed by atoms with Gasteiger partial charge in [-0.25, -0.2) is 9.97 Å². The number of nitrogens with one attached hydrogen (secondary N) is 1. The van der Waals surface area contributed by atoms with E-state index >= 15 is 0 Å². The van der Waals surface area contributed by atoms with Gasteiger partial charge in [0.2, 0.25) is 0 Å². The van der Waals surface area contributed by atoms with Gasteiger partial charge in [0, 0.05) is 19.9 Å². The fourth-order valence-corrected chi connectivity index (χ4v) is 2.74. The molecule has 0 amide bonds. The van der Waals surface area contributed by atoms with Gasteiger partial charge in [-0.05, 0) is 31.7 Å².